The van der Waals surface area contributed by atoms with Crippen LogP contribution >= 0.6 is 0 Å². The highest BCUT2D eigenvalue weighted by molar-refractivity contribution is 5.87. The molecule has 3 nitrogen and oxygen atoms in total. The second-order valence-corrected chi connectivity index (χ2v) is 4.53. The first-order valence-electron chi connectivity index (χ1n) is 5.08. The van der Waals surface area contributed by atoms with Gasteiger partial charge >= 0.3 is 0 Å². The SMILES string of the molecule is CC(C)(O)[C@@H]1C(=O)N[C@H]1c1ccccc1. The summed E-state index contributed by atoms with van der Waals surface area (Å²) in [5.41, 5.74) is 0.0762. The third-order valence-corrected chi connectivity index (χ3v) is 2.83. The molecule has 0 aliphatic carbocycles. The number of carbonyl (C=O) groups excluding carboxylic acids is 1. The average molecular weight is 205 g/mol. The van der Waals surface area contributed by atoms with Crippen molar-refractivity contribution in [3.8, 4) is 0 Å². The van der Waals surface area contributed by atoms with Crippen LogP contribution in [0.4, 0.5) is 0 Å². The van der Waals surface area contributed by atoms with E-state index < -0.39 is 5.60 Å². The summed E-state index contributed by atoms with van der Waals surface area (Å²) < 4.78 is 0. The molecule has 2 N–H and O–H groups in total. The third kappa shape index (κ3) is 1.75. The maximum atomic E-state index is 11.4. The summed E-state index contributed by atoms with van der Waals surface area (Å²) in [6.45, 7) is 3.35. The first-order valence-corrected chi connectivity index (χ1v) is 5.08. The number of hydrogen-bond acceptors (Lipinski definition) is 2. The Hall–Kier alpha value is -1.35. The Labute approximate surface area is 89.1 Å². The normalized spacial score (nSPS) is 25.7. The lowest BCUT2D eigenvalue weighted by Gasteiger charge is -2.43. The van der Waals surface area contributed by atoms with Crippen LogP contribution in [0.1, 0.15) is 25.5 Å². The topological polar surface area (TPSA) is 49.3 Å². The van der Waals surface area contributed by atoms with Crippen molar-refractivity contribution < 1.29 is 9.90 Å². The van der Waals surface area contributed by atoms with Crippen LogP contribution < -0.4 is 5.32 Å². The summed E-state index contributed by atoms with van der Waals surface area (Å²) in [5, 5.41) is 12.7. The van der Waals surface area contributed by atoms with E-state index in [2.05, 4.69) is 5.32 Å². The standard InChI is InChI=1S/C12H15NO2/c1-12(2,15)9-10(13-11(9)14)8-6-4-3-5-7-8/h3-7,9-10,15H,1-2H3,(H,13,14)/t9-,10-/m0/s1. The summed E-state index contributed by atoms with van der Waals surface area (Å²) in [7, 11) is 0. The molecule has 0 spiro atoms. The second kappa shape index (κ2) is 3.35. The minimum absolute atomic E-state index is 0.0568. The lowest BCUT2D eigenvalue weighted by molar-refractivity contribution is -0.148. The summed E-state index contributed by atoms with van der Waals surface area (Å²) in [4.78, 5) is 11.4. The molecule has 1 fully saturated rings. The van der Waals surface area contributed by atoms with Crippen LogP contribution in [0.5, 0.6) is 0 Å². The number of nitrogens with one attached hydrogen (secondary N) is 1. The molecule has 3 heteroatoms. The van der Waals surface area contributed by atoms with E-state index in [1.54, 1.807) is 13.8 Å². The fourth-order valence-electron chi connectivity index (χ4n) is 2.05. The Morgan fingerprint density at radius 2 is 1.87 bits per heavy atom. The van der Waals surface area contributed by atoms with Crippen LogP contribution in [0.3, 0.4) is 0 Å². The maximum Gasteiger partial charge on any atom is 0.228 e. The molecule has 1 saturated heterocycles. The lowest BCUT2D eigenvalue weighted by Crippen LogP contribution is -2.59. The molecule has 0 aromatic heterocycles. The van der Waals surface area contributed by atoms with Gasteiger partial charge in [-0.05, 0) is 19.4 Å². The van der Waals surface area contributed by atoms with Gasteiger partial charge in [-0.2, -0.15) is 0 Å². The number of amides is 1. The number of β-lactam (4-membered cyclic amide) rings is 1. The van der Waals surface area contributed by atoms with Crippen molar-refractivity contribution >= 4 is 5.91 Å². The minimum Gasteiger partial charge on any atom is -0.390 e. The van der Waals surface area contributed by atoms with E-state index >= 15 is 0 Å². The first kappa shape index (κ1) is 10.2. The fraction of sp³-hybridized carbons (Fsp3) is 0.417. The highest BCUT2D eigenvalue weighted by Crippen LogP contribution is 2.37. The van der Waals surface area contributed by atoms with Crippen molar-refractivity contribution in [2.45, 2.75) is 25.5 Å². The van der Waals surface area contributed by atoms with Gasteiger partial charge in [-0.25, -0.2) is 0 Å². The fourth-order valence-corrected chi connectivity index (χ4v) is 2.05. The summed E-state index contributed by atoms with van der Waals surface area (Å²) in [5.74, 6) is -0.420. The van der Waals surface area contributed by atoms with Gasteiger partial charge < -0.3 is 10.4 Å². The molecule has 80 valence electrons. The molecule has 1 aromatic carbocycles. The van der Waals surface area contributed by atoms with E-state index in [1.807, 2.05) is 30.3 Å². The van der Waals surface area contributed by atoms with Gasteiger partial charge in [0.15, 0.2) is 0 Å². The smallest absolute Gasteiger partial charge is 0.228 e. The van der Waals surface area contributed by atoms with E-state index in [0.29, 0.717) is 0 Å². The average Bonchev–Trinajstić information content (AvgIpc) is 2.12. The van der Waals surface area contributed by atoms with Crippen molar-refractivity contribution in [2.75, 3.05) is 0 Å². The monoisotopic (exact) mass is 205 g/mol. The molecule has 1 aliphatic rings. The molecule has 1 aliphatic heterocycles. The molecule has 0 bridgehead atoms. The van der Waals surface area contributed by atoms with Crippen LogP contribution in [0.15, 0.2) is 30.3 Å². The third-order valence-electron chi connectivity index (χ3n) is 2.83. The van der Waals surface area contributed by atoms with E-state index in [0.717, 1.165) is 5.56 Å². The van der Waals surface area contributed by atoms with Gasteiger partial charge in [0.25, 0.3) is 0 Å². The molecular formula is C12H15NO2. The van der Waals surface area contributed by atoms with Crippen LogP contribution in [0, 0.1) is 5.92 Å². The number of aliphatic hydroxyl groups is 1. The molecular weight excluding hydrogens is 190 g/mol. The van der Waals surface area contributed by atoms with E-state index in [-0.39, 0.29) is 17.9 Å². The van der Waals surface area contributed by atoms with Crippen LogP contribution in [-0.2, 0) is 4.79 Å². The van der Waals surface area contributed by atoms with E-state index in [1.165, 1.54) is 0 Å². The van der Waals surface area contributed by atoms with Gasteiger partial charge in [-0.15, -0.1) is 0 Å². The summed E-state index contributed by atoms with van der Waals surface area (Å²) >= 11 is 0. The first-order chi connectivity index (χ1) is 7.00. The molecule has 0 saturated carbocycles. The summed E-state index contributed by atoms with van der Waals surface area (Å²) in [6.07, 6.45) is 0. The van der Waals surface area contributed by atoms with Crippen LogP contribution in [-0.4, -0.2) is 16.6 Å². The van der Waals surface area contributed by atoms with Gasteiger partial charge in [0.2, 0.25) is 5.91 Å². The number of hydrogen-bond donors (Lipinski definition) is 2. The molecule has 2 rings (SSSR count). The number of carbonyl (C=O) groups is 1. The van der Waals surface area contributed by atoms with E-state index in [4.69, 9.17) is 0 Å². The number of benzene rings is 1. The highest BCUT2D eigenvalue weighted by atomic mass is 16.3. The highest BCUT2D eigenvalue weighted by Gasteiger charge is 2.48. The van der Waals surface area contributed by atoms with Gasteiger partial charge in [-0.3, -0.25) is 4.79 Å². The minimum atomic E-state index is -0.969. The molecule has 1 heterocycles. The summed E-state index contributed by atoms with van der Waals surface area (Å²) in [6, 6.07) is 9.66. The Bertz CT molecular complexity index is 367. The van der Waals surface area contributed by atoms with Crippen LogP contribution in [0.2, 0.25) is 0 Å². The van der Waals surface area contributed by atoms with E-state index in [9.17, 15) is 9.90 Å². The second-order valence-electron chi connectivity index (χ2n) is 4.53. The zero-order valence-corrected chi connectivity index (χ0v) is 8.90. The lowest BCUT2D eigenvalue weighted by atomic mass is 9.75. The maximum absolute atomic E-state index is 11.4. The quantitative estimate of drug-likeness (QED) is 0.714. The van der Waals surface area contributed by atoms with Gasteiger partial charge in [-0.1, -0.05) is 30.3 Å². The molecule has 0 unspecified atom stereocenters. The van der Waals surface area contributed by atoms with Crippen molar-refractivity contribution in [1.29, 1.82) is 0 Å². The predicted octanol–water partition coefficient (Wildman–Crippen LogP) is 1.24. The predicted molar refractivity (Wildman–Crippen MR) is 57.1 cm³/mol. The Morgan fingerprint density at radius 1 is 1.27 bits per heavy atom. The van der Waals surface area contributed by atoms with Gasteiger partial charge in [0.05, 0.1) is 17.6 Å². The zero-order valence-electron chi connectivity index (χ0n) is 8.90. The van der Waals surface area contributed by atoms with Gasteiger partial charge in [0, 0.05) is 0 Å². The molecule has 15 heavy (non-hydrogen) atoms. The van der Waals surface area contributed by atoms with Gasteiger partial charge in [0.1, 0.15) is 0 Å². The van der Waals surface area contributed by atoms with Crippen molar-refractivity contribution in [3.63, 3.8) is 0 Å². The van der Waals surface area contributed by atoms with Crippen molar-refractivity contribution in [1.82, 2.24) is 5.32 Å². The Balaban J connectivity index is 2.23. The molecule has 2 atom stereocenters. The zero-order chi connectivity index (χ0) is 11.1. The van der Waals surface area contributed by atoms with Crippen molar-refractivity contribution in [2.24, 2.45) is 5.92 Å². The van der Waals surface area contributed by atoms with Crippen molar-refractivity contribution in [3.05, 3.63) is 35.9 Å². The Kier molecular flexibility index (Phi) is 2.27. The molecule has 0 radical (unpaired) electrons. The Morgan fingerprint density at radius 3 is 2.33 bits per heavy atom. The molecule has 1 aromatic rings. The molecule has 1 amide bonds. The largest absolute Gasteiger partial charge is 0.390 e. The van der Waals surface area contributed by atoms with Crippen LogP contribution in [0.25, 0.3) is 0 Å². The number of rotatable bonds is 2.